The largest absolute Gasteiger partial charge is 0.491 e. The van der Waals surface area contributed by atoms with Gasteiger partial charge in [0.25, 0.3) is 0 Å². The maximum atomic E-state index is 11.8. The fraction of sp³-hybridized carbons (Fsp3) is 0.235. The molecule has 0 amide bonds. The quantitative estimate of drug-likeness (QED) is 0.522. The van der Waals surface area contributed by atoms with Crippen LogP contribution in [0.2, 0.25) is 0 Å². The van der Waals surface area contributed by atoms with Gasteiger partial charge in [0.1, 0.15) is 5.75 Å². The number of carbonyl (C=O) groups excluding carboxylic acids is 1. The molecular weight excluding hydrogens is 279 g/mol. The van der Waals surface area contributed by atoms with E-state index in [-0.39, 0.29) is 12.1 Å². The van der Waals surface area contributed by atoms with E-state index in [4.69, 9.17) is 9.39 Å². The Kier molecular flexibility index (Phi) is 4.56. The van der Waals surface area contributed by atoms with E-state index in [2.05, 4.69) is 0 Å². The van der Waals surface area contributed by atoms with Crippen molar-refractivity contribution in [3.05, 3.63) is 60.2 Å². The molecule has 0 bridgehead atoms. The average Bonchev–Trinajstić information content (AvgIpc) is 2.85. The van der Waals surface area contributed by atoms with Gasteiger partial charge in [-0.3, -0.25) is 4.79 Å². The van der Waals surface area contributed by atoms with Crippen molar-refractivity contribution in [1.82, 2.24) is 0 Å². The number of para-hydroxylation sites is 1. The molecule has 0 aliphatic carbocycles. The van der Waals surface area contributed by atoms with Gasteiger partial charge in [-0.05, 0) is 36.0 Å². The Labute approximate surface area is 129 Å². The Balaban J connectivity index is 1.49. The van der Waals surface area contributed by atoms with Gasteiger partial charge in [-0.2, -0.15) is 0 Å². The summed E-state index contributed by atoms with van der Waals surface area (Å²) in [7, 11) is -0.863. The number of ether oxygens (including phenoxy) is 1. The van der Waals surface area contributed by atoms with Gasteiger partial charge in [-0.15, -0.1) is 0 Å². The van der Waals surface area contributed by atoms with Crippen LogP contribution in [-0.4, -0.2) is 18.1 Å². The standard InChI is InChI=1S/C17H17BO4/c19-17(21-13-7-2-1-3-8-13)12-6-11-16-14-9-4-5-10-15(14)18(20)22-16/h1-5,7-10,16,20H,6,11-12H2. The lowest BCUT2D eigenvalue weighted by Gasteiger charge is -2.11. The fourth-order valence-corrected chi connectivity index (χ4v) is 2.66. The highest BCUT2D eigenvalue weighted by Gasteiger charge is 2.34. The van der Waals surface area contributed by atoms with Crippen molar-refractivity contribution in [2.24, 2.45) is 0 Å². The number of rotatable bonds is 5. The van der Waals surface area contributed by atoms with Crippen molar-refractivity contribution in [3.63, 3.8) is 0 Å². The summed E-state index contributed by atoms with van der Waals surface area (Å²) in [5.74, 6) is 0.309. The van der Waals surface area contributed by atoms with Gasteiger partial charge in [0.2, 0.25) is 0 Å². The third-order valence-electron chi connectivity index (χ3n) is 3.72. The predicted octanol–water partition coefficient (Wildman–Crippen LogP) is 2.22. The molecule has 3 rings (SSSR count). The zero-order valence-corrected chi connectivity index (χ0v) is 12.1. The number of benzene rings is 2. The van der Waals surface area contributed by atoms with E-state index in [1.165, 1.54) is 0 Å². The van der Waals surface area contributed by atoms with Crippen LogP contribution in [-0.2, 0) is 9.45 Å². The van der Waals surface area contributed by atoms with Gasteiger partial charge in [0.15, 0.2) is 0 Å². The van der Waals surface area contributed by atoms with Crippen molar-refractivity contribution in [3.8, 4) is 5.75 Å². The second kappa shape index (κ2) is 6.77. The third-order valence-corrected chi connectivity index (χ3v) is 3.72. The lowest BCUT2D eigenvalue weighted by molar-refractivity contribution is -0.134. The van der Waals surface area contributed by atoms with Gasteiger partial charge in [-0.25, -0.2) is 0 Å². The highest BCUT2D eigenvalue weighted by Crippen LogP contribution is 2.28. The molecule has 5 heteroatoms. The Morgan fingerprint density at radius 3 is 2.68 bits per heavy atom. The molecule has 0 spiro atoms. The summed E-state index contributed by atoms with van der Waals surface area (Å²) in [5.41, 5.74) is 1.82. The molecule has 0 fully saturated rings. The summed E-state index contributed by atoms with van der Waals surface area (Å²) < 4.78 is 10.8. The van der Waals surface area contributed by atoms with E-state index < -0.39 is 7.12 Å². The summed E-state index contributed by atoms with van der Waals surface area (Å²) in [6.45, 7) is 0. The van der Waals surface area contributed by atoms with Gasteiger partial charge in [0, 0.05) is 6.42 Å². The minimum absolute atomic E-state index is 0.157. The van der Waals surface area contributed by atoms with Crippen LogP contribution in [0.1, 0.15) is 30.9 Å². The summed E-state index contributed by atoms with van der Waals surface area (Å²) in [5, 5.41) is 9.84. The van der Waals surface area contributed by atoms with Crippen LogP contribution in [0.15, 0.2) is 54.6 Å². The number of hydrogen-bond acceptors (Lipinski definition) is 4. The first-order valence-corrected chi connectivity index (χ1v) is 7.42. The Hall–Kier alpha value is -2.11. The molecule has 0 saturated carbocycles. The van der Waals surface area contributed by atoms with Crippen molar-refractivity contribution in [1.29, 1.82) is 0 Å². The normalized spacial score (nSPS) is 16.4. The van der Waals surface area contributed by atoms with E-state index >= 15 is 0 Å². The summed E-state index contributed by atoms with van der Waals surface area (Å²) >= 11 is 0. The number of hydrogen-bond donors (Lipinski definition) is 1. The summed E-state index contributed by atoms with van der Waals surface area (Å²) in [6.07, 6.45) is 1.50. The van der Waals surface area contributed by atoms with Gasteiger partial charge in [0.05, 0.1) is 6.10 Å². The minimum atomic E-state index is -0.863. The first-order chi connectivity index (χ1) is 10.7. The van der Waals surface area contributed by atoms with Crippen LogP contribution in [0, 0.1) is 0 Å². The van der Waals surface area contributed by atoms with Gasteiger partial charge in [-0.1, -0.05) is 42.5 Å². The van der Waals surface area contributed by atoms with Gasteiger partial charge >= 0.3 is 13.1 Å². The molecule has 1 aliphatic heterocycles. The molecule has 2 aromatic carbocycles. The zero-order valence-electron chi connectivity index (χ0n) is 12.1. The number of carbonyl (C=O) groups is 1. The van der Waals surface area contributed by atoms with Crippen LogP contribution in [0.25, 0.3) is 0 Å². The highest BCUT2D eigenvalue weighted by molar-refractivity contribution is 6.61. The molecule has 0 aromatic heterocycles. The molecule has 112 valence electrons. The molecule has 0 radical (unpaired) electrons. The van der Waals surface area contributed by atoms with Crippen LogP contribution in [0.4, 0.5) is 0 Å². The van der Waals surface area contributed by atoms with E-state index in [0.29, 0.717) is 25.0 Å². The lowest BCUT2D eigenvalue weighted by Crippen LogP contribution is -2.27. The first kappa shape index (κ1) is 14.8. The van der Waals surface area contributed by atoms with Crippen LogP contribution in [0.3, 0.4) is 0 Å². The SMILES string of the molecule is O=C(CCCC1OB(O)c2ccccc21)Oc1ccccc1. The van der Waals surface area contributed by atoms with Crippen molar-refractivity contribution in [2.75, 3.05) is 0 Å². The second-order valence-electron chi connectivity index (χ2n) is 5.29. The maximum Gasteiger partial charge on any atom is 0.491 e. The Morgan fingerprint density at radius 2 is 1.86 bits per heavy atom. The Morgan fingerprint density at radius 1 is 1.14 bits per heavy atom. The highest BCUT2D eigenvalue weighted by atomic mass is 16.5. The smallest absolute Gasteiger partial charge is 0.427 e. The molecule has 1 N–H and O–H groups in total. The van der Waals surface area contributed by atoms with Crippen LogP contribution >= 0.6 is 0 Å². The van der Waals surface area contributed by atoms with E-state index in [0.717, 1.165) is 11.0 Å². The molecule has 1 heterocycles. The average molecular weight is 296 g/mol. The monoisotopic (exact) mass is 296 g/mol. The molecule has 1 unspecified atom stereocenters. The van der Waals surface area contributed by atoms with Crippen LogP contribution < -0.4 is 10.2 Å². The second-order valence-corrected chi connectivity index (χ2v) is 5.29. The van der Waals surface area contributed by atoms with E-state index in [9.17, 15) is 9.82 Å². The number of esters is 1. The predicted molar refractivity (Wildman–Crippen MR) is 83.8 cm³/mol. The molecule has 1 atom stereocenters. The first-order valence-electron chi connectivity index (χ1n) is 7.42. The van der Waals surface area contributed by atoms with Crippen molar-refractivity contribution in [2.45, 2.75) is 25.4 Å². The molecular formula is C17H17BO4. The topological polar surface area (TPSA) is 55.8 Å². The third kappa shape index (κ3) is 3.38. The molecule has 4 nitrogen and oxygen atoms in total. The number of fused-ring (bicyclic) bond motifs is 1. The molecule has 0 saturated heterocycles. The fourth-order valence-electron chi connectivity index (χ4n) is 2.66. The van der Waals surface area contributed by atoms with E-state index in [1.54, 1.807) is 12.1 Å². The summed E-state index contributed by atoms with van der Waals surface area (Å²) in [4.78, 5) is 11.8. The molecule has 2 aromatic rings. The molecule has 22 heavy (non-hydrogen) atoms. The van der Waals surface area contributed by atoms with Crippen molar-refractivity contribution < 1.29 is 19.2 Å². The lowest BCUT2D eigenvalue weighted by atomic mass is 9.79. The Bertz CT molecular complexity index is 644. The zero-order chi connectivity index (χ0) is 15.4. The maximum absolute atomic E-state index is 11.8. The van der Waals surface area contributed by atoms with Crippen molar-refractivity contribution >= 4 is 18.6 Å². The van der Waals surface area contributed by atoms with E-state index in [1.807, 2.05) is 42.5 Å². The van der Waals surface area contributed by atoms with Crippen LogP contribution in [0.5, 0.6) is 5.75 Å². The summed E-state index contributed by atoms with van der Waals surface area (Å²) in [6, 6.07) is 16.7. The minimum Gasteiger partial charge on any atom is -0.427 e. The van der Waals surface area contributed by atoms with Gasteiger partial charge < -0.3 is 14.4 Å². The molecule has 1 aliphatic rings.